The molecule has 1 aliphatic rings. The highest BCUT2D eigenvalue weighted by Gasteiger charge is 2.35. The number of hydrazone groups is 1. The Morgan fingerprint density at radius 3 is 2.76 bits per heavy atom. The summed E-state index contributed by atoms with van der Waals surface area (Å²) in [5, 5.41) is 17.8. The van der Waals surface area contributed by atoms with Gasteiger partial charge in [-0.2, -0.15) is 5.10 Å². The molecule has 146 valence electrons. The van der Waals surface area contributed by atoms with E-state index in [1.165, 1.54) is 16.8 Å². The van der Waals surface area contributed by atoms with Crippen molar-refractivity contribution >= 4 is 46.1 Å². The van der Waals surface area contributed by atoms with Gasteiger partial charge >= 0.3 is 0 Å². The molecule has 0 aromatic carbocycles. The minimum absolute atomic E-state index is 0.106. The van der Waals surface area contributed by atoms with E-state index in [9.17, 15) is 4.79 Å². The Bertz CT molecular complexity index is 1120. The van der Waals surface area contributed by atoms with Gasteiger partial charge in [0.25, 0.3) is 5.91 Å². The Morgan fingerprint density at radius 2 is 2.03 bits per heavy atom. The minimum Gasteiger partial charge on any atom is -0.467 e. The quantitative estimate of drug-likeness (QED) is 0.440. The van der Waals surface area contributed by atoms with Gasteiger partial charge in [0.15, 0.2) is 5.82 Å². The van der Waals surface area contributed by atoms with E-state index >= 15 is 0 Å². The van der Waals surface area contributed by atoms with Crippen molar-refractivity contribution in [3.05, 3.63) is 64.1 Å². The van der Waals surface area contributed by atoms with E-state index < -0.39 is 0 Å². The van der Waals surface area contributed by atoms with E-state index in [-0.39, 0.29) is 17.7 Å². The topological polar surface area (TPSA) is 87.4 Å². The van der Waals surface area contributed by atoms with Crippen molar-refractivity contribution in [2.75, 3.05) is 5.75 Å². The van der Waals surface area contributed by atoms with Crippen molar-refractivity contribution in [2.45, 2.75) is 17.6 Å². The van der Waals surface area contributed by atoms with Crippen LogP contribution in [-0.4, -0.2) is 37.6 Å². The van der Waals surface area contributed by atoms with Gasteiger partial charge in [-0.25, -0.2) is 9.99 Å². The molecule has 1 N–H and O–H groups in total. The fourth-order valence-electron chi connectivity index (χ4n) is 3.06. The summed E-state index contributed by atoms with van der Waals surface area (Å²) in [6.07, 6.45) is 2.25. The Labute approximate surface area is 178 Å². The Kier molecular flexibility index (Phi) is 5.04. The smallest absolute Gasteiger partial charge is 0.253 e. The van der Waals surface area contributed by atoms with Crippen molar-refractivity contribution in [3.8, 4) is 10.7 Å². The summed E-state index contributed by atoms with van der Waals surface area (Å²) >= 11 is 4.50. The largest absolute Gasteiger partial charge is 0.467 e. The monoisotopic (exact) mass is 441 g/mol. The third-order valence-electron chi connectivity index (χ3n) is 4.39. The van der Waals surface area contributed by atoms with E-state index in [2.05, 4.69) is 20.3 Å². The molecule has 29 heavy (non-hydrogen) atoms. The highest BCUT2D eigenvalue weighted by molar-refractivity contribution is 7.99. The molecule has 0 saturated carbocycles. The lowest BCUT2D eigenvalue weighted by atomic mass is 10.1. The van der Waals surface area contributed by atoms with Crippen molar-refractivity contribution in [2.24, 2.45) is 5.10 Å². The standard InChI is InChI=1S/C19H15N5O2S3/c25-17(11-29-19-20-18(21-22-19)16-6-3-9-28-16)24-13(14-4-1-7-26-14)10-12(23-24)15-5-2-8-27-15/h1-9,13H,10-11H2,(H,20,21,22)/t13-/m1/s1. The van der Waals surface area contributed by atoms with Crippen LogP contribution in [0.4, 0.5) is 0 Å². The third kappa shape index (κ3) is 3.78. The molecule has 0 saturated heterocycles. The summed E-state index contributed by atoms with van der Waals surface area (Å²) < 4.78 is 5.57. The summed E-state index contributed by atoms with van der Waals surface area (Å²) in [4.78, 5) is 19.5. The Balaban J connectivity index is 1.31. The number of hydrogen-bond acceptors (Lipinski definition) is 8. The summed E-state index contributed by atoms with van der Waals surface area (Å²) in [6.45, 7) is 0. The fraction of sp³-hybridized carbons (Fsp3) is 0.158. The number of carbonyl (C=O) groups excluding carboxylic acids is 1. The Morgan fingerprint density at radius 1 is 1.21 bits per heavy atom. The number of carbonyl (C=O) groups is 1. The van der Waals surface area contributed by atoms with Crippen LogP contribution in [0.15, 0.2) is 68.1 Å². The maximum atomic E-state index is 13.0. The number of aromatic amines is 1. The van der Waals surface area contributed by atoms with Crippen LogP contribution in [0.1, 0.15) is 23.1 Å². The molecule has 0 bridgehead atoms. The highest BCUT2D eigenvalue weighted by Crippen LogP contribution is 2.34. The van der Waals surface area contributed by atoms with E-state index in [1.54, 1.807) is 28.9 Å². The van der Waals surface area contributed by atoms with Crippen LogP contribution in [0.3, 0.4) is 0 Å². The second-order valence-corrected chi connectivity index (χ2v) is 9.07. The molecule has 1 aliphatic heterocycles. The minimum atomic E-state index is -0.232. The van der Waals surface area contributed by atoms with Gasteiger partial charge in [0, 0.05) is 6.42 Å². The maximum absolute atomic E-state index is 13.0. The third-order valence-corrected chi connectivity index (χ3v) is 7.01. The summed E-state index contributed by atoms with van der Waals surface area (Å²) in [6, 6.07) is 11.4. The lowest BCUT2D eigenvalue weighted by molar-refractivity contribution is -0.130. The second kappa shape index (κ2) is 7.97. The SMILES string of the molecule is O=C(CSc1n[nH]c(-c2cccs2)n1)N1N=C(c2cccs2)C[C@@H]1c1ccco1. The lowest BCUT2D eigenvalue weighted by Crippen LogP contribution is -2.28. The molecule has 0 spiro atoms. The zero-order valence-corrected chi connectivity index (χ0v) is 17.5. The average molecular weight is 442 g/mol. The first-order valence-corrected chi connectivity index (χ1v) is 11.6. The van der Waals surface area contributed by atoms with Crippen LogP contribution >= 0.6 is 34.4 Å². The fourth-order valence-corrected chi connectivity index (χ4v) is 5.10. The number of H-pyrrole nitrogens is 1. The zero-order chi connectivity index (χ0) is 19.6. The van der Waals surface area contributed by atoms with Crippen LogP contribution in [-0.2, 0) is 4.79 Å². The molecule has 0 aliphatic carbocycles. The molecule has 7 nitrogen and oxygen atoms in total. The molecule has 0 fully saturated rings. The van der Waals surface area contributed by atoms with E-state index in [1.807, 2.05) is 47.2 Å². The zero-order valence-electron chi connectivity index (χ0n) is 15.0. The van der Waals surface area contributed by atoms with Crippen molar-refractivity contribution < 1.29 is 9.21 Å². The summed E-state index contributed by atoms with van der Waals surface area (Å²) in [5.74, 6) is 1.53. The predicted molar refractivity (Wildman–Crippen MR) is 114 cm³/mol. The number of rotatable bonds is 6. The van der Waals surface area contributed by atoms with Crippen LogP contribution in [0, 0.1) is 0 Å². The van der Waals surface area contributed by atoms with E-state index in [4.69, 9.17) is 4.42 Å². The van der Waals surface area contributed by atoms with Crippen LogP contribution in [0.25, 0.3) is 10.7 Å². The molecule has 1 atom stereocenters. The molecule has 10 heteroatoms. The number of nitrogens with zero attached hydrogens (tertiary/aromatic N) is 4. The number of hydrogen-bond donors (Lipinski definition) is 1. The van der Waals surface area contributed by atoms with E-state index in [0.717, 1.165) is 21.2 Å². The average Bonchev–Trinajstić information content (AvgIpc) is 3.56. The number of furan rings is 1. The van der Waals surface area contributed by atoms with Gasteiger partial charge in [-0.15, -0.1) is 27.8 Å². The highest BCUT2D eigenvalue weighted by atomic mass is 32.2. The number of thiophene rings is 2. The molecule has 4 aromatic rings. The first-order chi connectivity index (χ1) is 14.3. The van der Waals surface area contributed by atoms with Gasteiger partial charge < -0.3 is 4.42 Å². The molecule has 1 amide bonds. The number of thioether (sulfide) groups is 1. The van der Waals surface area contributed by atoms with Crippen molar-refractivity contribution in [1.29, 1.82) is 0 Å². The molecule has 0 unspecified atom stereocenters. The van der Waals surface area contributed by atoms with Gasteiger partial charge in [-0.3, -0.25) is 9.89 Å². The normalized spacial score (nSPS) is 16.3. The van der Waals surface area contributed by atoms with Gasteiger partial charge in [0.1, 0.15) is 11.8 Å². The number of aromatic nitrogens is 3. The first kappa shape index (κ1) is 18.3. The van der Waals surface area contributed by atoms with Gasteiger partial charge in [-0.1, -0.05) is 23.9 Å². The molecule has 4 aromatic heterocycles. The van der Waals surface area contributed by atoms with Crippen LogP contribution in [0.2, 0.25) is 0 Å². The first-order valence-electron chi connectivity index (χ1n) is 8.84. The molecule has 5 rings (SSSR count). The van der Waals surface area contributed by atoms with Crippen LogP contribution < -0.4 is 0 Å². The summed E-state index contributed by atoms with van der Waals surface area (Å²) in [7, 11) is 0. The van der Waals surface area contributed by atoms with E-state index in [0.29, 0.717) is 17.4 Å². The van der Waals surface area contributed by atoms with Gasteiger partial charge in [0.05, 0.1) is 27.5 Å². The van der Waals surface area contributed by atoms with Gasteiger partial charge in [-0.05, 0) is 35.0 Å². The molecule has 5 heterocycles. The molecule has 0 radical (unpaired) electrons. The number of amides is 1. The molecular formula is C19H15N5O2S3. The lowest BCUT2D eigenvalue weighted by Gasteiger charge is -2.19. The van der Waals surface area contributed by atoms with Gasteiger partial charge in [0.2, 0.25) is 5.16 Å². The van der Waals surface area contributed by atoms with Crippen molar-refractivity contribution in [3.63, 3.8) is 0 Å². The molecular weight excluding hydrogens is 426 g/mol. The maximum Gasteiger partial charge on any atom is 0.253 e. The van der Waals surface area contributed by atoms with Crippen molar-refractivity contribution in [1.82, 2.24) is 20.2 Å². The van der Waals surface area contributed by atoms with Crippen LogP contribution in [0.5, 0.6) is 0 Å². The summed E-state index contributed by atoms with van der Waals surface area (Å²) in [5.41, 5.74) is 0.901. The second-order valence-electron chi connectivity index (χ2n) is 6.23. The predicted octanol–water partition coefficient (Wildman–Crippen LogP) is 4.66. The Hall–Kier alpha value is -2.69. The number of nitrogens with one attached hydrogen (secondary N) is 1.